The molecule has 116 valence electrons. The Hall–Kier alpha value is -1.52. The van der Waals surface area contributed by atoms with Gasteiger partial charge in [-0.25, -0.2) is 4.98 Å². The summed E-state index contributed by atoms with van der Waals surface area (Å²) in [6, 6.07) is 13.7. The summed E-state index contributed by atoms with van der Waals surface area (Å²) in [7, 11) is 0. The summed E-state index contributed by atoms with van der Waals surface area (Å²) in [5.41, 5.74) is 1.13. The molecule has 3 nitrogen and oxygen atoms in total. The Morgan fingerprint density at radius 3 is 2.59 bits per heavy atom. The summed E-state index contributed by atoms with van der Waals surface area (Å²) in [5.74, 6) is 0.424. The van der Waals surface area contributed by atoms with Crippen LogP contribution in [0.1, 0.15) is 19.4 Å². The van der Waals surface area contributed by atoms with Gasteiger partial charge in [-0.3, -0.25) is 4.79 Å². The van der Waals surface area contributed by atoms with Crippen molar-refractivity contribution in [3.05, 3.63) is 59.2 Å². The number of nitrogens with zero attached hydrogens (tertiary/aromatic N) is 2. The molecule has 0 N–H and O–H groups in total. The van der Waals surface area contributed by atoms with E-state index >= 15 is 0 Å². The molecule has 1 aromatic heterocycles. The molecule has 0 spiro atoms. The van der Waals surface area contributed by atoms with E-state index in [2.05, 4.69) is 4.98 Å². The van der Waals surface area contributed by atoms with Crippen molar-refractivity contribution < 1.29 is 4.79 Å². The second-order valence-electron chi connectivity index (χ2n) is 5.18. The van der Waals surface area contributed by atoms with Crippen LogP contribution in [0.2, 0.25) is 5.02 Å². The summed E-state index contributed by atoms with van der Waals surface area (Å²) >= 11 is 7.45. The van der Waals surface area contributed by atoms with Crippen LogP contribution in [0.15, 0.2) is 53.7 Å². The number of aromatic nitrogens is 1. The molecule has 0 aliphatic carbocycles. The predicted molar refractivity (Wildman–Crippen MR) is 92.1 cm³/mol. The first kappa shape index (κ1) is 16.8. The van der Waals surface area contributed by atoms with Gasteiger partial charge in [0.25, 0.3) is 0 Å². The zero-order valence-electron chi connectivity index (χ0n) is 12.7. The average molecular weight is 335 g/mol. The molecular weight excluding hydrogens is 316 g/mol. The van der Waals surface area contributed by atoms with E-state index in [1.54, 1.807) is 18.3 Å². The van der Waals surface area contributed by atoms with E-state index in [9.17, 15) is 4.79 Å². The molecule has 2 rings (SSSR count). The maximum Gasteiger partial charge on any atom is 0.233 e. The minimum atomic E-state index is 0.0885. The topological polar surface area (TPSA) is 33.2 Å². The average Bonchev–Trinajstić information content (AvgIpc) is 2.52. The molecule has 0 bridgehead atoms. The fourth-order valence-electron chi connectivity index (χ4n) is 2.03. The van der Waals surface area contributed by atoms with Crippen molar-refractivity contribution >= 4 is 29.3 Å². The fourth-order valence-corrected chi connectivity index (χ4v) is 3.08. The van der Waals surface area contributed by atoms with Crippen LogP contribution in [0.5, 0.6) is 0 Å². The summed E-state index contributed by atoms with van der Waals surface area (Å²) in [6.45, 7) is 4.67. The van der Waals surface area contributed by atoms with E-state index in [1.807, 2.05) is 49.1 Å². The van der Waals surface area contributed by atoms with Crippen molar-refractivity contribution in [2.24, 2.45) is 0 Å². The largest absolute Gasteiger partial charge is 0.335 e. The van der Waals surface area contributed by atoms with Crippen molar-refractivity contribution in [3.8, 4) is 0 Å². The third-order valence-corrected chi connectivity index (χ3v) is 4.60. The van der Waals surface area contributed by atoms with Gasteiger partial charge in [0.2, 0.25) is 5.91 Å². The van der Waals surface area contributed by atoms with Crippen LogP contribution in [0.3, 0.4) is 0 Å². The van der Waals surface area contributed by atoms with Crippen LogP contribution in [-0.4, -0.2) is 27.6 Å². The number of carbonyl (C=O) groups excluding carboxylic acids is 1. The number of rotatable bonds is 6. The van der Waals surface area contributed by atoms with Gasteiger partial charge in [0.1, 0.15) is 5.03 Å². The van der Waals surface area contributed by atoms with Gasteiger partial charge < -0.3 is 4.90 Å². The molecule has 0 unspecified atom stereocenters. The van der Waals surface area contributed by atoms with E-state index in [0.717, 1.165) is 5.56 Å². The van der Waals surface area contributed by atoms with Crippen LogP contribution in [-0.2, 0) is 11.3 Å². The molecule has 22 heavy (non-hydrogen) atoms. The van der Waals surface area contributed by atoms with Crippen molar-refractivity contribution in [2.45, 2.75) is 31.5 Å². The van der Waals surface area contributed by atoms with Gasteiger partial charge in [-0.2, -0.15) is 0 Å². The van der Waals surface area contributed by atoms with Gasteiger partial charge in [-0.15, -0.1) is 0 Å². The summed E-state index contributed by atoms with van der Waals surface area (Å²) in [6.07, 6.45) is 1.68. The number of hydrogen-bond donors (Lipinski definition) is 0. The SMILES string of the molecule is CC(C)N(Cc1ccccc1)C(=O)CSc1ncccc1Cl. The van der Waals surface area contributed by atoms with E-state index < -0.39 is 0 Å². The first-order valence-electron chi connectivity index (χ1n) is 7.14. The van der Waals surface area contributed by atoms with Crippen LogP contribution in [0, 0.1) is 0 Å². The number of pyridine rings is 1. The van der Waals surface area contributed by atoms with Crippen molar-refractivity contribution in [1.29, 1.82) is 0 Å². The summed E-state index contributed by atoms with van der Waals surface area (Å²) < 4.78 is 0. The Morgan fingerprint density at radius 1 is 1.23 bits per heavy atom. The molecule has 0 saturated heterocycles. The lowest BCUT2D eigenvalue weighted by Crippen LogP contribution is -2.37. The number of hydrogen-bond acceptors (Lipinski definition) is 3. The quantitative estimate of drug-likeness (QED) is 0.740. The van der Waals surface area contributed by atoms with Crippen LogP contribution < -0.4 is 0 Å². The fraction of sp³-hybridized carbons (Fsp3) is 0.294. The minimum Gasteiger partial charge on any atom is -0.335 e. The third-order valence-electron chi connectivity index (χ3n) is 3.20. The summed E-state index contributed by atoms with van der Waals surface area (Å²) in [5, 5.41) is 1.28. The highest BCUT2D eigenvalue weighted by molar-refractivity contribution is 8.00. The number of thioether (sulfide) groups is 1. The lowest BCUT2D eigenvalue weighted by Gasteiger charge is -2.27. The van der Waals surface area contributed by atoms with Crippen molar-refractivity contribution in [1.82, 2.24) is 9.88 Å². The molecule has 1 amide bonds. The van der Waals surface area contributed by atoms with Gasteiger partial charge in [0.05, 0.1) is 10.8 Å². The van der Waals surface area contributed by atoms with Gasteiger partial charge in [-0.1, -0.05) is 53.7 Å². The summed E-state index contributed by atoms with van der Waals surface area (Å²) in [4.78, 5) is 18.6. The molecule has 0 aliphatic heterocycles. The van der Waals surface area contributed by atoms with Gasteiger partial charge in [-0.05, 0) is 31.5 Å². The van der Waals surface area contributed by atoms with Gasteiger partial charge >= 0.3 is 0 Å². The second-order valence-corrected chi connectivity index (χ2v) is 6.55. The lowest BCUT2D eigenvalue weighted by atomic mass is 10.2. The number of amides is 1. The molecule has 0 aliphatic rings. The molecule has 1 aromatic carbocycles. The highest BCUT2D eigenvalue weighted by Gasteiger charge is 2.18. The maximum absolute atomic E-state index is 12.5. The van der Waals surface area contributed by atoms with Crippen molar-refractivity contribution in [2.75, 3.05) is 5.75 Å². The maximum atomic E-state index is 12.5. The first-order chi connectivity index (χ1) is 10.6. The number of halogens is 1. The molecule has 0 fully saturated rings. The Bertz CT molecular complexity index is 619. The molecule has 0 saturated carbocycles. The van der Waals surface area contributed by atoms with Gasteiger partial charge in [0.15, 0.2) is 0 Å². The smallest absolute Gasteiger partial charge is 0.233 e. The number of benzene rings is 1. The minimum absolute atomic E-state index is 0.0885. The highest BCUT2D eigenvalue weighted by atomic mass is 35.5. The molecule has 2 aromatic rings. The van der Waals surface area contributed by atoms with Crippen LogP contribution in [0.4, 0.5) is 0 Å². The molecular formula is C17H19ClN2OS. The standard InChI is InChI=1S/C17H19ClN2OS/c1-13(2)20(11-14-7-4-3-5-8-14)16(21)12-22-17-15(18)9-6-10-19-17/h3-10,13H,11-12H2,1-2H3. The van der Waals surface area contributed by atoms with Crippen LogP contribution in [0.25, 0.3) is 0 Å². The molecule has 5 heteroatoms. The van der Waals surface area contributed by atoms with E-state index in [1.165, 1.54) is 11.8 Å². The first-order valence-corrected chi connectivity index (χ1v) is 8.51. The zero-order valence-corrected chi connectivity index (χ0v) is 14.3. The van der Waals surface area contributed by atoms with E-state index in [-0.39, 0.29) is 11.9 Å². The predicted octanol–water partition coefficient (Wildman–Crippen LogP) is 4.26. The third kappa shape index (κ3) is 4.75. The lowest BCUT2D eigenvalue weighted by molar-refractivity contribution is -0.130. The Morgan fingerprint density at radius 2 is 1.95 bits per heavy atom. The van der Waals surface area contributed by atoms with Crippen molar-refractivity contribution in [3.63, 3.8) is 0 Å². The Balaban J connectivity index is 2.00. The molecule has 1 heterocycles. The highest BCUT2D eigenvalue weighted by Crippen LogP contribution is 2.24. The van der Waals surface area contributed by atoms with Gasteiger partial charge in [0, 0.05) is 18.8 Å². The second kappa shape index (κ2) is 8.20. The van der Waals surface area contributed by atoms with Crippen LogP contribution >= 0.6 is 23.4 Å². The number of carbonyl (C=O) groups is 1. The Kier molecular flexibility index (Phi) is 6.28. The van der Waals surface area contributed by atoms with E-state index in [4.69, 9.17) is 11.6 Å². The monoisotopic (exact) mass is 334 g/mol. The normalized spacial score (nSPS) is 10.7. The molecule has 0 radical (unpaired) electrons. The molecule has 0 atom stereocenters. The Labute approximate surface area is 140 Å². The zero-order chi connectivity index (χ0) is 15.9. The van der Waals surface area contributed by atoms with E-state index in [0.29, 0.717) is 22.3 Å².